The van der Waals surface area contributed by atoms with E-state index in [-0.39, 0.29) is 11.6 Å². The van der Waals surface area contributed by atoms with Gasteiger partial charge in [0.25, 0.3) is 0 Å². The summed E-state index contributed by atoms with van der Waals surface area (Å²) in [5.41, 5.74) is 7.65. The van der Waals surface area contributed by atoms with Gasteiger partial charge >= 0.3 is 0 Å². The highest BCUT2D eigenvalue weighted by atomic mass is 19.1. The quantitative estimate of drug-likeness (QED) is 0.282. The number of nitrogens with two attached hydrogens (primary N) is 1. The molecule has 0 saturated carbocycles. The number of nitrogen functional groups attached to an aromatic ring is 1. The third-order valence-electron chi connectivity index (χ3n) is 4.59. The Morgan fingerprint density at radius 2 is 2.06 bits per heavy atom. The number of anilines is 1. The van der Waals surface area contributed by atoms with E-state index in [4.69, 9.17) is 5.73 Å². The van der Waals surface area contributed by atoms with Gasteiger partial charge in [0.15, 0.2) is 5.96 Å². The van der Waals surface area contributed by atoms with E-state index in [1.54, 1.807) is 16.8 Å². The van der Waals surface area contributed by atoms with Crippen molar-refractivity contribution >= 4 is 11.8 Å². The van der Waals surface area contributed by atoms with Gasteiger partial charge < -0.3 is 16.4 Å². The van der Waals surface area contributed by atoms with E-state index in [2.05, 4.69) is 36.9 Å². The standard InChI is InChI=1S/C20H25FN10/c1-3-24-20(26-12-18-27-13-28-30(18)2)25-10-4-5-17-16(11-22)19(23)31(29-17)15-8-6-14(21)7-9-15/h6-9,13H,3-5,10,12,23H2,1-2H3,(H2,24,25,26). The van der Waals surface area contributed by atoms with Gasteiger partial charge in [-0.1, -0.05) is 0 Å². The Balaban J connectivity index is 1.61. The average molecular weight is 424 g/mol. The van der Waals surface area contributed by atoms with Crippen LogP contribution in [-0.4, -0.2) is 43.6 Å². The maximum absolute atomic E-state index is 13.2. The molecule has 3 rings (SSSR count). The number of aliphatic imine (C=N–C) groups is 1. The maximum Gasteiger partial charge on any atom is 0.191 e. The van der Waals surface area contributed by atoms with Crippen LogP contribution in [0.25, 0.3) is 5.69 Å². The summed E-state index contributed by atoms with van der Waals surface area (Å²) < 4.78 is 16.3. The van der Waals surface area contributed by atoms with Gasteiger partial charge in [0, 0.05) is 20.1 Å². The Hall–Kier alpha value is -3.94. The molecule has 2 heterocycles. The summed E-state index contributed by atoms with van der Waals surface area (Å²) in [4.78, 5) is 8.67. The third-order valence-corrected chi connectivity index (χ3v) is 4.59. The first kappa shape index (κ1) is 21.8. The highest BCUT2D eigenvalue weighted by Gasteiger charge is 2.16. The molecule has 3 aromatic rings. The molecule has 0 spiro atoms. The molecule has 0 aliphatic heterocycles. The van der Waals surface area contributed by atoms with Crippen molar-refractivity contribution in [3.05, 3.63) is 53.5 Å². The van der Waals surface area contributed by atoms with Gasteiger partial charge in [0.05, 0.1) is 11.4 Å². The highest BCUT2D eigenvalue weighted by molar-refractivity contribution is 5.79. The van der Waals surface area contributed by atoms with Gasteiger partial charge in [-0.05, 0) is 44.0 Å². The van der Waals surface area contributed by atoms with Crippen LogP contribution in [0.2, 0.25) is 0 Å². The van der Waals surface area contributed by atoms with Crippen molar-refractivity contribution in [3.8, 4) is 11.8 Å². The topological polar surface area (TPSA) is 135 Å². The van der Waals surface area contributed by atoms with Crippen molar-refractivity contribution in [1.29, 1.82) is 5.26 Å². The summed E-state index contributed by atoms with van der Waals surface area (Å²) >= 11 is 0. The van der Waals surface area contributed by atoms with Crippen molar-refractivity contribution in [3.63, 3.8) is 0 Å². The van der Waals surface area contributed by atoms with E-state index >= 15 is 0 Å². The molecule has 1 aromatic carbocycles. The normalized spacial score (nSPS) is 11.4. The van der Waals surface area contributed by atoms with E-state index in [1.807, 2.05) is 14.0 Å². The SMILES string of the molecule is CCNC(=NCc1ncnn1C)NCCCc1nn(-c2ccc(F)cc2)c(N)c1C#N. The lowest BCUT2D eigenvalue weighted by atomic mass is 10.1. The number of guanidine groups is 1. The van der Waals surface area contributed by atoms with Gasteiger partial charge in [-0.3, -0.25) is 4.68 Å². The number of nitrogens with zero attached hydrogens (tertiary/aromatic N) is 7. The zero-order valence-corrected chi connectivity index (χ0v) is 17.5. The van der Waals surface area contributed by atoms with Crippen LogP contribution >= 0.6 is 0 Å². The lowest BCUT2D eigenvalue weighted by Crippen LogP contribution is -2.38. The van der Waals surface area contributed by atoms with E-state index in [9.17, 15) is 9.65 Å². The molecular formula is C20H25FN10. The monoisotopic (exact) mass is 424 g/mol. The molecule has 0 atom stereocenters. The molecule has 4 N–H and O–H groups in total. The second kappa shape index (κ2) is 10.2. The first-order chi connectivity index (χ1) is 15.0. The zero-order valence-electron chi connectivity index (χ0n) is 17.5. The summed E-state index contributed by atoms with van der Waals surface area (Å²) in [5, 5.41) is 24.4. The van der Waals surface area contributed by atoms with Crippen molar-refractivity contribution in [2.24, 2.45) is 12.0 Å². The molecule has 31 heavy (non-hydrogen) atoms. The molecule has 0 radical (unpaired) electrons. The van der Waals surface area contributed by atoms with E-state index in [0.717, 1.165) is 12.4 Å². The number of benzene rings is 1. The van der Waals surface area contributed by atoms with Crippen LogP contribution in [0.1, 0.15) is 30.4 Å². The predicted octanol–water partition coefficient (Wildman–Crippen LogP) is 1.28. The maximum atomic E-state index is 13.2. The van der Waals surface area contributed by atoms with Crippen molar-refractivity contribution in [2.45, 2.75) is 26.3 Å². The third kappa shape index (κ3) is 5.36. The van der Waals surface area contributed by atoms with Gasteiger partial charge in [-0.25, -0.2) is 19.0 Å². The lowest BCUT2D eigenvalue weighted by Gasteiger charge is -2.10. The molecule has 0 amide bonds. The van der Waals surface area contributed by atoms with E-state index in [1.165, 1.54) is 23.1 Å². The van der Waals surface area contributed by atoms with Gasteiger partial charge in [0.2, 0.25) is 0 Å². The Bertz CT molecular complexity index is 1070. The molecule has 0 aliphatic rings. The van der Waals surface area contributed by atoms with Crippen LogP contribution in [0.4, 0.5) is 10.2 Å². The number of aromatic nitrogens is 5. The van der Waals surface area contributed by atoms with Crippen molar-refractivity contribution < 1.29 is 4.39 Å². The van der Waals surface area contributed by atoms with Crippen LogP contribution in [0.15, 0.2) is 35.6 Å². The number of rotatable bonds is 8. The number of nitriles is 1. The minimum atomic E-state index is -0.349. The minimum Gasteiger partial charge on any atom is -0.382 e. The fraction of sp³-hybridized carbons (Fsp3) is 0.350. The summed E-state index contributed by atoms with van der Waals surface area (Å²) in [6.07, 6.45) is 2.76. The summed E-state index contributed by atoms with van der Waals surface area (Å²) in [5.74, 6) is 1.33. The Morgan fingerprint density at radius 1 is 1.29 bits per heavy atom. The fourth-order valence-electron chi connectivity index (χ4n) is 2.97. The summed E-state index contributed by atoms with van der Waals surface area (Å²) in [6, 6.07) is 7.92. The zero-order chi connectivity index (χ0) is 22.2. The predicted molar refractivity (Wildman–Crippen MR) is 115 cm³/mol. The number of hydrogen-bond acceptors (Lipinski definition) is 6. The number of aryl methyl sites for hydroxylation is 2. The van der Waals surface area contributed by atoms with Crippen LogP contribution in [-0.2, 0) is 20.0 Å². The van der Waals surface area contributed by atoms with E-state index < -0.39 is 0 Å². The van der Waals surface area contributed by atoms with Crippen LogP contribution < -0.4 is 16.4 Å². The molecule has 11 heteroatoms. The number of halogens is 1. The Labute approximate surface area is 179 Å². The molecule has 10 nitrogen and oxygen atoms in total. The fourth-order valence-corrected chi connectivity index (χ4v) is 2.97. The molecule has 0 aliphatic carbocycles. The molecule has 2 aromatic heterocycles. The molecule has 0 unspecified atom stereocenters. The first-order valence-corrected chi connectivity index (χ1v) is 9.92. The minimum absolute atomic E-state index is 0.246. The van der Waals surface area contributed by atoms with E-state index in [0.29, 0.717) is 48.8 Å². The lowest BCUT2D eigenvalue weighted by molar-refractivity contribution is 0.627. The summed E-state index contributed by atoms with van der Waals surface area (Å²) in [6.45, 7) is 3.74. The van der Waals surface area contributed by atoms with Crippen LogP contribution in [0.5, 0.6) is 0 Å². The second-order valence-electron chi connectivity index (χ2n) is 6.73. The second-order valence-corrected chi connectivity index (χ2v) is 6.73. The average Bonchev–Trinajstić information content (AvgIpc) is 3.32. The number of hydrogen-bond donors (Lipinski definition) is 3. The van der Waals surface area contributed by atoms with Crippen LogP contribution in [0.3, 0.4) is 0 Å². The van der Waals surface area contributed by atoms with Gasteiger partial charge in [0.1, 0.15) is 42.0 Å². The molecule has 0 saturated heterocycles. The molecule has 0 bridgehead atoms. The molecule has 0 fully saturated rings. The Kier molecular flexibility index (Phi) is 7.16. The largest absolute Gasteiger partial charge is 0.382 e. The first-order valence-electron chi connectivity index (χ1n) is 9.92. The molecule has 162 valence electrons. The number of nitrogens with one attached hydrogen (secondary N) is 2. The Morgan fingerprint density at radius 3 is 2.71 bits per heavy atom. The van der Waals surface area contributed by atoms with Crippen molar-refractivity contribution in [2.75, 3.05) is 18.8 Å². The highest BCUT2D eigenvalue weighted by Crippen LogP contribution is 2.21. The van der Waals surface area contributed by atoms with Crippen LogP contribution in [0, 0.1) is 17.1 Å². The molecular weight excluding hydrogens is 399 g/mol. The van der Waals surface area contributed by atoms with Crippen molar-refractivity contribution in [1.82, 2.24) is 35.2 Å². The van der Waals surface area contributed by atoms with Gasteiger partial charge in [-0.15, -0.1) is 0 Å². The van der Waals surface area contributed by atoms with Gasteiger partial charge in [-0.2, -0.15) is 15.5 Å². The summed E-state index contributed by atoms with van der Waals surface area (Å²) in [7, 11) is 1.82. The smallest absolute Gasteiger partial charge is 0.191 e.